The van der Waals surface area contributed by atoms with Gasteiger partial charge in [0.2, 0.25) is 11.9 Å². The van der Waals surface area contributed by atoms with Gasteiger partial charge < -0.3 is 15.0 Å². The highest BCUT2D eigenvalue weighted by Gasteiger charge is 2.35. The Kier molecular flexibility index (Phi) is 6.11. The molecule has 184 valence electrons. The predicted molar refractivity (Wildman–Crippen MR) is 139 cm³/mol. The van der Waals surface area contributed by atoms with Crippen molar-refractivity contribution in [2.24, 2.45) is 5.92 Å². The Balaban J connectivity index is 1.30. The van der Waals surface area contributed by atoms with Crippen LogP contribution in [0.2, 0.25) is 0 Å². The molecule has 6 rings (SSSR count). The number of carbonyl (C=O) groups is 1. The molecular formula is C28H30N6O2. The molecule has 2 aromatic heterocycles. The summed E-state index contributed by atoms with van der Waals surface area (Å²) in [7, 11) is 1.68. The summed E-state index contributed by atoms with van der Waals surface area (Å²) < 4.78 is 7.49. The van der Waals surface area contributed by atoms with Crippen LogP contribution in [0.4, 0.5) is 5.95 Å². The van der Waals surface area contributed by atoms with Gasteiger partial charge in [-0.1, -0.05) is 36.4 Å². The zero-order chi connectivity index (χ0) is 24.5. The first-order valence-electron chi connectivity index (χ1n) is 12.6. The van der Waals surface area contributed by atoms with Crippen molar-refractivity contribution >= 4 is 22.6 Å². The molecule has 8 nitrogen and oxygen atoms in total. The van der Waals surface area contributed by atoms with Gasteiger partial charge in [0.05, 0.1) is 18.5 Å². The van der Waals surface area contributed by atoms with Crippen molar-refractivity contribution in [3.8, 4) is 17.2 Å². The van der Waals surface area contributed by atoms with Crippen molar-refractivity contribution in [2.45, 2.75) is 38.3 Å². The average Bonchev–Trinajstić information content (AvgIpc) is 3.68. The Labute approximate surface area is 210 Å². The minimum Gasteiger partial charge on any atom is -0.378 e. The van der Waals surface area contributed by atoms with Crippen molar-refractivity contribution in [1.82, 2.24) is 24.4 Å². The number of nitrogens with one attached hydrogen (secondary N) is 1. The number of likely N-dealkylation sites (tertiary alicyclic amines) is 1. The molecule has 1 saturated carbocycles. The number of carbonyl (C=O) groups excluding carboxylic acids is 1. The van der Waals surface area contributed by atoms with Crippen LogP contribution in [0.25, 0.3) is 28.0 Å². The van der Waals surface area contributed by atoms with Crippen molar-refractivity contribution in [2.75, 3.05) is 25.5 Å². The normalized spacial score (nSPS) is 17.9. The van der Waals surface area contributed by atoms with Gasteiger partial charge in [-0.05, 0) is 48.6 Å². The molecule has 2 aliphatic rings. The highest BCUT2D eigenvalue weighted by atomic mass is 16.5. The highest BCUT2D eigenvalue weighted by Crippen LogP contribution is 2.32. The summed E-state index contributed by atoms with van der Waals surface area (Å²) in [6, 6.07) is 16.7. The molecule has 2 aromatic carbocycles. The average molecular weight is 483 g/mol. The van der Waals surface area contributed by atoms with Crippen molar-refractivity contribution in [1.29, 1.82) is 0 Å². The van der Waals surface area contributed by atoms with Crippen LogP contribution in [0.5, 0.6) is 0 Å². The van der Waals surface area contributed by atoms with Crippen molar-refractivity contribution in [3.05, 3.63) is 66.6 Å². The SMILES string of the molecule is COCc1cnc(-c2ccc3ccccc3c2)n1-c1ccnc(N[C@H]2CCCN(C(=O)C3CC3)C2)n1. The van der Waals surface area contributed by atoms with Gasteiger partial charge in [-0.25, -0.2) is 9.97 Å². The molecule has 0 spiro atoms. The minimum absolute atomic E-state index is 0.137. The number of nitrogens with zero attached hydrogens (tertiary/aromatic N) is 5. The van der Waals surface area contributed by atoms with E-state index in [4.69, 9.17) is 14.7 Å². The van der Waals surface area contributed by atoms with E-state index in [1.807, 2.05) is 33.9 Å². The van der Waals surface area contributed by atoms with Gasteiger partial charge in [0.1, 0.15) is 11.6 Å². The second kappa shape index (κ2) is 9.70. The molecule has 1 aliphatic carbocycles. The van der Waals surface area contributed by atoms with E-state index >= 15 is 0 Å². The number of hydrogen-bond acceptors (Lipinski definition) is 6. The number of benzene rings is 2. The quantitative estimate of drug-likeness (QED) is 0.419. The van der Waals surface area contributed by atoms with E-state index in [-0.39, 0.29) is 12.0 Å². The van der Waals surface area contributed by atoms with E-state index in [0.717, 1.165) is 60.5 Å². The van der Waals surface area contributed by atoms with E-state index in [9.17, 15) is 4.79 Å². The Morgan fingerprint density at radius 3 is 2.78 bits per heavy atom. The maximum Gasteiger partial charge on any atom is 0.225 e. The molecule has 1 aliphatic heterocycles. The molecule has 0 unspecified atom stereocenters. The van der Waals surface area contributed by atoms with E-state index in [1.165, 1.54) is 5.39 Å². The number of aromatic nitrogens is 4. The molecule has 1 amide bonds. The zero-order valence-corrected chi connectivity index (χ0v) is 20.4. The van der Waals surface area contributed by atoms with Crippen molar-refractivity contribution < 1.29 is 9.53 Å². The molecular weight excluding hydrogens is 452 g/mol. The maximum absolute atomic E-state index is 12.6. The monoisotopic (exact) mass is 482 g/mol. The van der Waals surface area contributed by atoms with Crippen LogP contribution in [0.1, 0.15) is 31.4 Å². The van der Waals surface area contributed by atoms with Gasteiger partial charge in [0, 0.05) is 43.9 Å². The molecule has 36 heavy (non-hydrogen) atoms. The predicted octanol–water partition coefficient (Wildman–Crippen LogP) is 4.44. The third kappa shape index (κ3) is 4.56. The molecule has 8 heteroatoms. The van der Waals surface area contributed by atoms with Crippen LogP contribution in [0, 0.1) is 5.92 Å². The third-order valence-corrected chi connectivity index (χ3v) is 7.00. The number of methoxy groups -OCH3 is 1. The second-order valence-corrected chi connectivity index (χ2v) is 9.68. The van der Waals surface area contributed by atoms with Crippen LogP contribution in [-0.4, -0.2) is 56.6 Å². The van der Waals surface area contributed by atoms with Crippen LogP contribution < -0.4 is 5.32 Å². The van der Waals surface area contributed by atoms with E-state index < -0.39 is 0 Å². The second-order valence-electron chi connectivity index (χ2n) is 9.68. The van der Waals surface area contributed by atoms with Crippen LogP contribution in [0.3, 0.4) is 0 Å². The fourth-order valence-corrected chi connectivity index (χ4v) is 5.03. The maximum atomic E-state index is 12.6. The van der Waals surface area contributed by atoms with Gasteiger partial charge in [0.15, 0.2) is 0 Å². The summed E-state index contributed by atoms with van der Waals surface area (Å²) in [4.78, 5) is 28.7. The molecule has 1 atom stereocenters. The van der Waals surface area contributed by atoms with E-state index in [2.05, 4.69) is 40.6 Å². The Hall–Kier alpha value is -3.78. The number of imidazole rings is 1. The first-order valence-corrected chi connectivity index (χ1v) is 12.6. The van der Waals surface area contributed by atoms with Gasteiger partial charge in [-0.2, -0.15) is 4.98 Å². The standard InChI is InChI=1S/C28H30N6O2/c1-36-18-24-16-30-26(22-11-8-19-5-2-3-6-21(19)15-22)34(24)25-12-13-29-28(32-25)31-23-7-4-14-33(17-23)27(35)20-9-10-20/h2-3,5-6,8,11-13,15-16,20,23H,4,7,9-10,14,17-18H2,1H3,(H,29,31,32)/t23-/m0/s1. The Morgan fingerprint density at radius 1 is 1.08 bits per heavy atom. The molecule has 0 radical (unpaired) electrons. The summed E-state index contributed by atoms with van der Waals surface area (Å²) in [6.45, 7) is 1.96. The number of fused-ring (bicyclic) bond motifs is 1. The van der Waals surface area contributed by atoms with Gasteiger partial charge in [-0.15, -0.1) is 0 Å². The number of anilines is 1. The van der Waals surface area contributed by atoms with E-state index in [1.54, 1.807) is 13.3 Å². The fourth-order valence-electron chi connectivity index (χ4n) is 5.03. The number of piperidine rings is 1. The summed E-state index contributed by atoms with van der Waals surface area (Å²) in [5.41, 5.74) is 1.91. The third-order valence-electron chi connectivity index (χ3n) is 7.00. The number of hydrogen-bond donors (Lipinski definition) is 1. The van der Waals surface area contributed by atoms with E-state index in [0.29, 0.717) is 25.0 Å². The fraction of sp³-hybridized carbons (Fsp3) is 0.357. The lowest BCUT2D eigenvalue weighted by atomic mass is 10.1. The summed E-state index contributed by atoms with van der Waals surface area (Å²) in [5, 5.41) is 5.83. The number of amides is 1. The smallest absolute Gasteiger partial charge is 0.225 e. The Bertz CT molecular complexity index is 1400. The zero-order valence-electron chi connectivity index (χ0n) is 20.4. The largest absolute Gasteiger partial charge is 0.378 e. The van der Waals surface area contributed by atoms with Crippen molar-refractivity contribution in [3.63, 3.8) is 0 Å². The lowest BCUT2D eigenvalue weighted by molar-refractivity contribution is -0.133. The molecule has 1 saturated heterocycles. The number of rotatable bonds is 7. The Morgan fingerprint density at radius 2 is 1.94 bits per heavy atom. The number of ether oxygens (including phenoxy) is 1. The van der Waals surface area contributed by atoms with Gasteiger partial charge in [-0.3, -0.25) is 9.36 Å². The topological polar surface area (TPSA) is 85.2 Å². The van der Waals surface area contributed by atoms with Crippen LogP contribution in [-0.2, 0) is 16.1 Å². The first-order chi connectivity index (χ1) is 17.7. The summed E-state index contributed by atoms with van der Waals surface area (Å²) in [6.07, 6.45) is 7.65. The van der Waals surface area contributed by atoms with Crippen LogP contribution in [0.15, 0.2) is 60.9 Å². The van der Waals surface area contributed by atoms with Gasteiger partial charge in [0.25, 0.3) is 0 Å². The van der Waals surface area contributed by atoms with Gasteiger partial charge >= 0.3 is 0 Å². The lowest BCUT2D eigenvalue weighted by Crippen LogP contribution is -2.45. The molecule has 2 fully saturated rings. The molecule has 0 bridgehead atoms. The summed E-state index contributed by atoms with van der Waals surface area (Å²) >= 11 is 0. The van der Waals surface area contributed by atoms with Crippen LogP contribution >= 0.6 is 0 Å². The first kappa shape index (κ1) is 22.7. The minimum atomic E-state index is 0.137. The molecule has 1 N–H and O–H groups in total. The summed E-state index contributed by atoms with van der Waals surface area (Å²) in [5.74, 6) is 2.63. The molecule has 3 heterocycles. The lowest BCUT2D eigenvalue weighted by Gasteiger charge is -2.33. The highest BCUT2D eigenvalue weighted by molar-refractivity contribution is 5.86. The molecule has 4 aromatic rings.